The van der Waals surface area contributed by atoms with Crippen LogP contribution in [-0.4, -0.2) is 9.76 Å². The molecule has 0 heterocycles. The lowest BCUT2D eigenvalue weighted by Crippen LogP contribution is -2.11. The molecule has 0 aliphatic carbocycles. The first-order valence-electron chi connectivity index (χ1n) is 2.33. The number of esters is 1. The lowest BCUT2D eigenvalue weighted by atomic mass is 10.5. The Morgan fingerprint density at radius 3 is 2.40 bits per heavy atom. The molecule has 0 rings (SSSR count). The molecule has 2 nitrogen and oxygen atoms in total. The molecular formula is C5H5Cl3O2. The molecule has 58 valence electrons. The minimum Gasteiger partial charge on any atom is -0.435 e. The number of rotatable bonds is 2. The van der Waals surface area contributed by atoms with Crippen molar-refractivity contribution in [2.75, 3.05) is 0 Å². The number of hydrogen-bond donors (Lipinski definition) is 0. The SMILES string of the molecule is C=COC(=O)CC(Cl)(Cl)Cl. The van der Waals surface area contributed by atoms with Gasteiger partial charge in [0.15, 0.2) is 0 Å². The third kappa shape index (κ3) is 6.20. The smallest absolute Gasteiger partial charge is 0.314 e. The van der Waals surface area contributed by atoms with Gasteiger partial charge in [-0.15, -0.1) is 0 Å². The zero-order valence-electron chi connectivity index (χ0n) is 4.94. The van der Waals surface area contributed by atoms with E-state index >= 15 is 0 Å². The second-order valence-corrected chi connectivity index (χ2v) is 3.96. The van der Waals surface area contributed by atoms with E-state index in [-0.39, 0.29) is 6.42 Å². The Balaban J connectivity index is 3.68. The molecule has 0 aromatic heterocycles. The molecule has 0 fully saturated rings. The Bertz CT molecular complexity index is 138. The van der Waals surface area contributed by atoms with Gasteiger partial charge in [-0.3, -0.25) is 4.79 Å². The second kappa shape index (κ2) is 4.06. The highest BCUT2D eigenvalue weighted by Gasteiger charge is 2.24. The minimum atomic E-state index is -1.58. The third-order valence-electron chi connectivity index (χ3n) is 0.560. The molecule has 5 heteroatoms. The Morgan fingerprint density at radius 1 is 1.60 bits per heavy atom. The number of carbonyl (C=O) groups excluding carboxylic acids is 1. The predicted octanol–water partition coefficient (Wildman–Crippen LogP) is 2.43. The Labute approximate surface area is 73.7 Å². The van der Waals surface area contributed by atoms with Crippen LogP contribution in [0.2, 0.25) is 0 Å². The van der Waals surface area contributed by atoms with Gasteiger partial charge in [0.1, 0.15) is 0 Å². The van der Waals surface area contributed by atoms with E-state index in [0.29, 0.717) is 0 Å². The summed E-state index contributed by atoms with van der Waals surface area (Å²) in [6.07, 6.45) is 0.711. The highest BCUT2D eigenvalue weighted by Crippen LogP contribution is 2.30. The number of ether oxygens (including phenoxy) is 1. The van der Waals surface area contributed by atoms with E-state index in [1.807, 2.05) is 0 Å². The fourth-order valence-electron chi connectivity index (χ4n) is 0.298. The van der Waals surface area contributed by atoms with Gasteiger partial charge in [0.05, 0.1) is 12.7 Å². The van der Waals surface area contributed by atoms with Crippen molar-refractivity contribution in [1.82, 2.24) is 0 Å². The van der Waals surface area contributed by atoms with Crippen molar-refractivity contribution in [2.45, 2.75) is 10.2 Å². The van der Waals surface area contributed by atoms with Crippen LogP contribution >= 0.6 is 34.8 Å². The standard InChI is InChI=1S/C5H5Cl3O2/c1-2-10-4(9)3-5(6,7)8/h2H,1,3H2. The molecule has 0 bridgehead atoms. The average molecular weight is 203 g/mol. The summed E-state index contributed by atoms with van der Waals surface area (Å²) in [4.78, 5) is 10.5. The van der Waals surface area contributed by atoms with Gasteiger partial charge in [0, 0.05) is 0 Å². The summed E-state index contributed by atoms with van der Waals surface area (Å²) in [5.41, 5.74) is 0. The molecule has 0 atom stereocenters. The highest BCUT2D eigenvalue weighted by atomic mass is 35.6. The molecule has 0 amide bonds. The zero-order valence-corrected chi connectivity index (χ0v) is 7.21. The highest BCUT2D eigenvalue weighted by molar-refractivity contribution is 6.68. The molecule has 0 N–H and O–H groups in total. The van der Waals surface area contributed by atoms with Gasteiger partial charge in [-0.05, 0) is 0 Å². The van der Waals surface area contributed by atoms with Crippen molar-refractivity contribution >= 4 is 40.8 Å². The average Bonchev–Trinajstić information content (AvgIpc) is 1.59. The molecule has 0 aliphatic heterocycles. The van der Waals surface area contributed by atoms with E-state index in [4.69, 9.17) is 34.8 Å². The Morgan fingerprint density at radius 2 is 2.10 bits per heavy atom. The minimum absolute atomic E-state index is 0.274. The number of halogens is 3. The monoisotopic (exact) mass is 202 g/mol. The number of carbonyl (C=O) groups is 1. The summed E-state index contributed by atoms with van der Waals surface area (Å²) in [7, 11) is 0. The number of hydrogen-bond acceptors (Lipinski definition) is 2. The lowest BCUT2D eigenvalue weighted by molar-refractivity contribution is -0.137. The second-order valence-electron chi connectivity index (χ2n) is 1.45. The quantitative estimate of drug-likeness (QED) is 0.391. The third-order valence-corrected chi connectivity index (χ3v) is 0.960. The predicted molar refractivity (Wildman–Crippen MR) is 41.2 cm³/mol. The van der Waals surface area contributed by atoms with Crippen LogP contribution in [0.3, 0.4) is 0 Å². The van der Waals surface area contributed by atoms with Crippen LogP contribution in [-0.2, 0) is 9.53 Å². The van der Waals surface area contributed by atoms with Crippen LogP contribution in [0.1, 0.15) is 6.42 Å². The molecular weight excluding hydrogens is 198 g/mol. The molecule has 0 aromatic rings. The largest absolute Gasteiger partial charge is 0.435 e. The van der Waals surface area contributed by atoms with Gasteiger partial charge in [-0.25, -0.2) is 0 Å². The van der Waals surface area contributed by atoms with Crippen molar-refractivity contribution in [3.05, 3.63) is 12.8 Å². The van der Waals surface area contributed by atoms with Crippen LogP contribution in [0.5, 0.6) is 0 Å². The van der Waals surface area contributed by atoms with Gasteiger partial charge < -0.3 is 4.74 Å². The van der Waals surface area contributed by atoms with E-state index in [1.165, 1.54) is 0 Å². The van der Waals surface area contributed by atoms with Crippen molar-refractivity contribution in [3.8, 4) is 0 Å². The number of alkyl halides is 3. The summed E-state index contributed by atoms with van der Waals surface area (Å²) in [5, 5.41) is 0. The molecule has 0 saturated carbocycles. The van der Waals surface area contributed by atoms with Crippen molar-refractivity contribution in [1.29, 1.82) is 0 Å². The van der Waals surface area contributed by atoms with Gasteiger partial charge in [0.2, 0.25) is 3.79 Å². The summed E-state index contributed by atoms with van der Waals surface area (Å²) in [6, 6.07) is 0. The molecule has 0 unspecified atom stereocenters. The van der Waals surface area contributed by atoms with Gasteiger partial charge in [0.25, 0.3) is 0 Å². The van der Waals surface area contributed by atoms with Crippen LogP contribution in [0, 0.1) is 0 Å². The van der Waals surface area contributed by atoms with Crippen LogP contribution in [0.25, 0.3) is 0 Å². The van der Waals surface area contributed by atoms with Crippen molar-refractivity contribution in [3.63, 3.8) is 0 Å². The topological polar surface area (TPSA) is 26.3 Å². The normalized spacial score (nSPS) is 10.7. The maximum atomic E-state index is 10.5. The first-order valence-corrected chi connectivity index (χ1v) is 3.46. The summed E-state index contributed by atoms with van der Waals surface area (Å²) < 4.78 is 2.71. The first kappa shape index (κ1) is 10.1. The summed E-state index contributed by atoms with van der Waals surface area (Å²) in [5.74, 6) is -0.616. The Kier molecular flexibility index (Phi) is 4.09. The van der Waals surface area contributed by atoms with Crippen LogP contribution in [0.15, 0.2) is 12.8 Å². The van der Waals surface area contributed by atoms with Crippen LogP contribution in [0.4, 0.5) is 0 Å². The van der Waals surface area contributed by atoms with E-state index < -0.39 is 9.76 Å². The maximum Gasteiger partial charge on any atom is 0.314 e. The van der Waals surface area contributed by atoms with Gasteiger partial charge in [-0.1, -0.05) is 41.4 Å². The molecule has 0 spiro atoms. The summed E-state index contributed by atoms with van der Waals surface area (Å²) >= 11 is 15.8. The van der Waals surface area contributed by atoms with Crippen LogP contribution < -0.4 is 0 Å². The fraction of sp³-hybridized carbons (Fsp3) is 0.400. The van der Waals surface area contributed by atoms with Crippen molar-refractivity contribution < 1.29 is 9.53 Å². The zero-order chi connectivity index (χ0) is 8.20. The van der Waals surface area contributed by atoms with E-state index in [9.17, 15) is 4.79 Å². The molecule has 10 heavy (non-hydrogen) atoms. The van der Waals surface area contributed by atoms with E-state index in [1.54, 1.807) is 0 Å². The fourth-order valence-corrected chi connectivity index (χ4v) is 0.626. The summed E-state index contributed by atoms with van der Waals surface area (Å²) in [6.45, 7) is 3.16. The Hall–Kier alpha value is 0.0800. The maximum absolute atomic E-state index is 10.5. The molecule has 0 saturated heterocycles. The first-order chi connectivity index (χ1) is 4.45. The van der Waals surface area contributed by atoms with E-state index in [0.717, 1.165) is 6.26 Å². The molecule has 0 radical (unpaired) electrons. The molecule has 0 aromatic carbocycles. The molecule has 0 aliphatic rings. The lowest BCUT2D eigenvalue weighted by Gasteiger charge is -2.06. The van der Waals surface area contributed by atoms with Gasteiger partial charge >= 0.3 is 5.97 Å². The van der Waals surface area contributed by atoms with Crippen molar-refractivity contribution in [2.24, 2.45) is 0 Å². The van der Waals surface area contributed by atoms with E-state index in [2.05, 4.69) is 11.3 Å². The van der Waals surface area contributed by atoms with Gasteiger partial charge in [-0.2, -0.15) is 0 Å².